The summed E-state index contributed by atoms with van der Waals surface area (Å²) in [5.74, 6) is -1.14. The molecule has 1 N–H and O–H groups in total. The molecule has 0 aliphatic carbocycles. The van der Waals surface area contributed by atoms with Crippen molar-refractivity contribution in [1.29, 1.82) is 0 Å². The van der Waals surface area contributed by atoms with E-state index in [9.17, 15) is 22.4 Å². The van der Waals surface area contributed by atoms with E-state index in [-0.39, 0.29) is 41.2 Å². The molecule has 2 amide bonds. The lowest BCUT2D eigenvalue weighted by Crippen LogP contribution is -2.54. The van der Waals surface area contributed by atoms with Gasteiger partial charge in [0.2, 0.25) is 11.8 Å². The molecule has 2 atom stereocenters. The van der Waals surface area contributed by atoms with Crippen molar-refractivity contribution in [2.75, 3.05) is 25.1 Å². The van der Waals surface area contributed by atoms with Crippen molar-refractivity contribution in [2.45, 2.75) is 50.2 Å². The number of hydrogen-bond acceptors (Lipinski definition) is 6. The third-order valence-corrected chi connectivity index (χ3v) is 9.90. The van der Waals surface area contributed by atoms with Gasteiger partial charge < -0.3 is 19.7 Å². The van der Waals surface area contributed by atoms with E-state index < -0.39 is 34.3 Å². The number of hydrogen-bond donors (Lipinski definition) is 1. The van der Waals surface area contributed by atoms with Gasteiger partial charge in [0.15, 0.2) is 11.5 Å². The van der Waals surface area contributed by atoms with Crippen molar-refractivity contribution in [3.63, 3.8) is 0 Å². The van der Waals surface area contributed by atoms with Crippen LogP contribution in [0, 0.1) is 5.82 Å². The highest BCUT2D eigenvalue weighted by molar-refractivity contribution is 7.92. The number of ether oxygens (including phenoxy) is 2. The normalized spacial score (nSPS) is 12.5. The topological polar surface area (TPSA) is 105 Å². The standard InChI is InChI=1S/C36H39ClFN3O6S/c1-5-25(2)39-36(43)32(21-26-9-7-6-8-10-26)40(23-27-11-13-28(37)14-12-27)35(42)24-41(30-17-15-29(38)16-18-30)48(44,45)31-19-20-33(46-3)34(22-31)47-4/h6-20,22,25,32H,5,21,23-24H2,1-4H3,(H,39,43)/t25-,32+/m1/s1. The average Bonchev–Trinajstić information content (AvgIpc) is 3.09. The number of halogens is 2. The number of sulfonamides is 1. The molecule has 4 aromatic carbocycles. The minimum absolute atomic E-state index is 0.0188. The Bertz CT molecular complexity index is 1790. The molecule has 0 aromatic heterocycles. The van der Waals surface area contributed by atoms with E-state index in [2.05, 4.69) is 5.32 Å². The SMILES string of the molecule is CC[C@@H](C)NC(=O)[C@H](Cc1ccccc1)N(Cc1ccc(Cl)cc1)C(=O)CN(c1ccc(F)cc1)S(=O)(=O)c1ccc(OC)c(OC)c1. The van der Waals surface area contributed by atoms with Gasteiger partial charge >= 0.3 is 0 Å². The first-order chi connectivity index (χ1) is 23.0. The van der Waals surface area contributed by atoms with Gasteiger partial charge in [-0.25, -0.2) is 12.8 Å². The van der Waals surface area contributed by atoms with E-state index in [1.54, 1.807) is 24.3 Å². The Morgan fingerprint density at radius 1 is 0.875 bits per heavy atom. The second-order valence-corrected chi connectivity index (χ2v) is 13.5. The minimum atomic E-state index is -4.45. The van der Waals surface area contributed by atoms with Crippen LogP contribution in [-0.2, 0) is 32.6 Å². The molecule has 0 saturated heterocycles. The molecule has 0 fully saturated rings. The molecular weight excluding hydrogens is 657 g/mol. The van der Waals surface area contributed by atoms with E-state index >= 15 is 0 Å². The number of anilines is 1. The summed E-state index contributed by atoms with van der Waals surface area (Å²) in [6.07, 6.45) is 0.832. The summed E-state index contributed by atoms with van der Waals surface area (Å²) >= 11 is 6.14. The molecule has 0 heterocycles. The largest absolute Gasteiger partial charge is 0.493 e. The second-order valence-electron chi connectivity index (χ2n) is 11.2. The second kappa shape index (κ2) is 16.5. The molecule has 12 heteroatoms. The highest BCUT2D eigenvalue weighted by Gasteiger charge is 2.35. The molecule has 0 aliphatic rings. The zero-order valence-electron chi connectivity index (χ0n) is 27.2. The monoisotopic (exact) mass is 695 g/mol. The van der Waals surface area contributed by atoms with Gasteiger partial charge in [-0.3, -0.25) is 13.9 Å². The number of rotatable bonds is 15. The summed E-state index contributed by atoms with van der Waals surface area (Å²) in [5.41, 5.74) is 1.54. The first-order valence-corrected chi connectivity index (χ1v) is 17.2. The van der Waals surface area contributed by atoms with Gasteiger partial charge in [0.25, 0.3) is 10.0 Å². The lowest BCUT2D eigenvalue weighted by atomic mass is 10.0. The summed E-state index contributed by atoms with van der Waals surface area (Å²) < 4.78 is 54.1. The van der Waals surface area contributed by atoms with Crippen LogP contribution in [0.15, 0.2) is 102 Å². The number of methoxy groups -OCH3 is 2. The lowest BCUT2D eigenvalue weighted by molar-refractivity contribution is -0.140. The molecule has 0 aliphatic heterocycles. The zero-order chi connectivity index (χ0) is 34.8. The van der Waals surface area contributed by atoms with Gasteiger partial charge in [-0.1, -0.05) is 61.0 Å². The molecule has 4 rings (SSSR count). The van der Waals surface area contributed by atoms with E-state index in [0.29, 0.717) is 22.8 Å². The van der Waals surface area contributed by atoms with Gasteiger partial charge in [0, 0.05) is 30.1 Å². The Kier molecular flexibility index (Phi) is 12.4. The Morgan fingerprint density at radius 2 is 1.52 bits per heavy atom. The quantitative estimate of drug-likeness (QED) is 0.158. The summed E-state index contributed by atoms with van der Waals surface area (Å²) in [6, 6.07) is 23.8. The summed E-state index contributed by atoms with van der Waals surface area (Å²) in [5, 5.41) is 3.49. The highest BCUT2D eigenvalue weighted by atomic mass is 35.5. The lowest BCUT2D eigenvalue weighted by Gasteiger charge is -2.34. The maximum absolute atomic E-state index is 14.6. The van der Waals surface area contributed by atoms with Gasteiger partial charge in [0.1, 0.15) is 18.4 Å². The summed E-state index contributed by atoms with van der Waals surface area (Å²) in [4.78, 5) is 29.7. The fraction of sp³-hybridized carbons (Fsp3) is 0.278. The van der Waals surface area contributed by atoms with Gasteiger partial charge in [-0.15, -0.1) is 0 Å². The molecule has 0 saturated carbocycles. The van der Waals surface area contributed by atoms with Crippen LogP contribution in [0.1, 0.15) is 31.4 Å². The third kappa shape index (κ3) is 9.05. The molecule has 254 valence electrons. The van der Waals surface area contributed by atoms with E-state index in [0.717, 1.165) is 22.0 Å². The molecule has 0 spiro atoms. The smallest absolute Gasteiger partial charge is 0.264 e. The molecule has 4 aromatic rings. The van der Waals surface area contributed by atoms with Gasteiger partial charge in [-0.2, -0.15) is 0 Å². The molecular formula is C36H39ClFN3O6S. The predicted molar refractivity (Wildman–Crippen MR) is 184 cm³/mol. The zero-order valence-corrected chi connectivity index (χ0v) is 28.8. The maximum Gasteiger partial charge on any atom is 0.264 e. The van der Waals surface area contributed by atoms with Crippen molar-refractivity contribution in [3.05, 3.63) is 119 Å². The highest BCUT2D eigenvalue weighted by Crippen LogP contribution is 2.32. The Labute approximate surface area is 286 Å². The van der Waals surface area contributed by atoms with Crippen LogP contribution in [0.4, 0.5) is 10.1 Å². The van der Waals surface area contributed by atoms with E-state index in [1.165, 1.54) is 49.5 Å². The average molecular weight is 696 g/mol. The number of benzene rings is 4. The van der Waals surface area contributed by atoms with Crippen LogP contribution < -0.4 is 19.1 Å². The summed E-state index contributed by atoms with van der Waals surface area (Å²) in [7, 11) is -1.65. The van der Waals surface area contributed by atoms with E-state index in [1.807, 2.05) is 44.2 Å². The molecule has 0 radical (unpaired) electrons. The van der Waals surface area contributed by atoms with Crippen molar-refractivity contribution in [2.24, 2.45) is 0 Å². The Hall–Kier alpha value is -4.61. The van der Waals surface area contributed by atoms with Crippen molar-refractivity contribution in [3.8, 4) is 11.5 Å². The van der Waals surface area contributed by atoms with Crippen LogP contribution in [0.5, 0.6) is 11.5 Å². The third-order valence-electron chi connectivity index (χ3n) is 7.87. The fourth-order valence-electron chi connectivity index (χ4n) is 5.02. The number of amides is 2. The molecule has 0 bridgehead atoms. The molecule has 9 nitrogen and oxygen atoms in total. The van der Waals surface area contributed by atoms with Crippen molar-refractivity contribution < 1.29 is 31.9 Å². The van der Waals surface area contributed by atoms with Crippen LogP contribution >= 0.6 is 11.6 Å². The van der Waals surface area contributed by atoms with Crippen LogP contribution in [0.2, 0.25) is 5.02 Å². The predicted octanol–water partition coefficient (Wildman–Crippen LogP) is 6.25. The number of carbonyl (C=O) groups is 2. The van der Waals surface area contributed by atoms with Crippen LogP contribution in [0.25, 0.3) is 0 Å². The van der Waals surface area contributed by atoms with Crippen LogP contribution in [-0.4, -0.2) is 58.0 Å². The van der Waals surface area contributed by atoms with Gasteiger partial charge in [0.05, 0.1) is 24.8 Å². The first-order valence-electron chi connectivity index (χ1n) is 15.3. The minimum Gasteiger partial charge on any atom is -0.493 e. The Morgan fingerprint density at radius 3 is 2.12 bits per heavy atom. The first kappa shape index (κ1) is 36.2. The Balaban J connectivity index is 1.82. The fourth-order valence-corrected chi connectivity index (χ4v) is 6.58. The maximum atomic E-state index is 14.6. The van der Waals surface area contributed by atoms with Gasteiger partial charge in [-0.05, 0) is 73.0 Å². The van der Waals surface area contributed by atoms with E-state index in [4.69, 9.17) is 21.1 Å². The summed E-state index contributed by atoms with van der Waals surface area (Å²) in [6.45, 7) is 3.09. The van der Waals surface area contributed by atoms with Crippen LogP contribution in [0.3, 0.4) is 0 Å². The molecule has 0 unspecified atom stereocenters. The molecule has 48 heavy (non-hydrogen) atoms. The van der Waals surface area contributed by atoms with Crippen molar-refractivity contribution in [1.82, 2.24) is 10.2 Å². The number of nitrogens with one attached hydrogen (secondary N) is 1. The van der Waals surface area contributed by atoms with Crippen molar-refractivity contribution >= 4 is 39.1 Å². The number of nitrogens with zero attached hydrogens (tertiary/aromatic N) is 2. The number of carbonyl (C=O) groups excluding carboxylic acids is 2.